The molecule has 0 heterocycles. The summed E-state index contributed by atoms with van der Waals surface area (Å²) in [6.45, 7) is 5.57. The fourth-order valence-electron chi connectivity index (χ4n) is 2.45. The average Bonchev–Trinajstić information content (AvgIpc) is 2.72. The first-order valence-electron chi connectivity index (χ1n) is 9.74. The van der Waals surface area contributed by atoms with Crippen LogP contribution in [0.25, 0.3) is 0 Å². The summed E-state index contributed by atoms with van der Waals surface area (Å²) < 4.78 is 21.7. The minimum absolute atomic E-state index is 0.000542. The van der Waals surface area contributed by atoms with Crippen LogP contribution in [-0.2, 0) is 32.2 Å². The summed E-state index contributed by atoms with van der Waals surface area (Å²) in [5, 5.41) is 0. The zero-order chi connectivity index (χ0) is 20.0. The van der Waals surface area contributed by atoms with E-state index < -0.39 is 6.16 Å². The van der Waals surface area contributed by atoms with Gasteiger partial charge in [-0.25, -0.2) is 4.79 Å². The highest BCUT2D eigenvalue weighted by molar-refractivity contribution is 5.59. The van der Waals surface area contributed by atoms with Gasteiger partial charge >= 0.3 is 6.16 Å². The lowest BCUT2D eigenvalue weighted by Crippen LogP contribution is -2.17. The molecule has 2 atom stereocenters. The molecule has 2 unspecified atom stereocenters. The van der Waals surface area contributed by atoms with Crippen molar-refractivity contribution in [1.82, 2.24) is 0 Å². The SMILES string of the molecule is CC(CCOC(=O)OCCC(C)OCc1ccccc1)OCc1ccccc1. The standard InChI is InChI=1S/C23H30O5/c1-19(27-17-21-9-5-3-6-10-21)13-15-25-23(24)26-16-14-20(2)28-18-22-11-7-4-8-12-22/h3-12,19-20H,13-18H2,1-2H3. The predicted molar refractivity (Wildman–Crippen MR) is 108 cm³/mol. The molecule has 2 aromatic carbocycles. The maximum absolute atomic E-state index is 11.6. The maximum Gasteiger partial charge on any atom is 0.508 e. The Morgan fingerprint density at radius 3 is 1.50 bits per heavy atom. The van der Waals surface area contributed by atoms with E-state index in [4.69, 9.17) is 18.9 Å². The van der Waals surface area contributed by atoms with Crippen molar-refractivity contribution in [1.29, 1.82) is 0 Å². The summed E-state index contributed by atoms with van der Waals surface area (Å²) in [5.74, 6) is 0. The molecule has 0 aliphatic carbocycles. The Balaban J connectivity index is 1.48. The van der Waals surface area contributed by atoms with Crippen molar-refractivity contribution < 1.29 is 23.7 Å². The summed E-state index contributed by atoms with van der Waals surface area (Å²) in [5.41, 5.74) is 2.25. The molecule has 0 fully saturated rings. The maximum atomic E-state index is 11.6. The van der Waals surface area contributed by atoms with Gasteiger partial charge in [-0.1, -0.05) is 60.7 Å². The van der Waals surface area contributed by atoms with Crippen molar-refractivity contribution in [2.24, 2.45) is 0 Å². The van der Waals surface area contributed by atoms with Crippen LogP contribution in [0.4, 0.5) is 4.79 Å². The van der Waals surface area contributed by atoms with Crippen LogP contribution in [0.5, 0.6) is 0 Å². The second kappa shape index (κ2) is 12.9. The highest BCUT2D eigenvalue weighted by atomic mass is 16.7. The minimum atomic E-state index is -0.648. The van der Waals surface area contributed by atoms with Crippen molar-refractivity contribution in [3.05, 3.63) is 71.8 Å². The van der Waals surface area contributed by atoms with Crippen LogP contribution >= 0.6 is 0 Å². The van der Waals surface area contributed by atoms with E-state index in [9.17, 15) is 4.79 Å². The Hall–Kier alpha value is -2.37. The van der Waals surface area contributed by atoms with Crippen LogP contribution in [0, 0.1) is 0 Å². The molecule has 0 saturated heterocycles. The zero-order valence-electron chi connectivity index (χ0n) is 16.7. The van der Waals surface area contributed by atoms with Gasteiger partial charge in [0.05, 0.1) is 38.6 Å². The number of carbonyl (C=O) groups excluding carboxylic acids is 1. The van der Waals surface area contributed by atoms with Crippen LogP contribution in [0.1, 0.15) is 37.8 Å². The number of ether oxygens (including phenoxy) is 4. The summed E-state index contributed by atoms with van der Waals surface area (Å²) >= 11 is 0. The van der Waals surface area contributed by atoms with Crippen LogP contribution in [0.15, 0.2) is 60.7 Å². The number of benzene rings is 2. The van der Waals surface area contributed by atoms with Gasteiger partial charge in [0.15, 0.2) is 0 Å². The Labute approximate surface area is 167 Å². The van der Waals surface area contributed by atoms with E-state index in [2.05, 4.69) is 0 Å². The molecule has 0 radical (unpaired) electrons. The van der Waals surface area contributed by atoms with E-state index in [0.717, 1.165) is 11.1 Å². The third kappa shape index (κ3) is 9.53. The average molecular weight is 386 g/mol. The quantitative estimate of drug-likeness (QED) is 0.473. The normalized spacial score (nSPS) is 12.9. The molecule has 5 heteroatoms. The van der Waals surface area contributed by atoms with Crippen LogP contribution in [-0.4, -0.2) is 31.6 Å². The van der Waals surface area contributed by atoms with Gasteiger partial charge in [0, 0.05) is 12.8 Å². The van der Waals surface area contributed by atoms with Gasteiger partial charge in [-0.2, -0.15) is 0 Å². The lowest BCUT2D eigenvalue weighted by molar-refractivity contribution is 0.00438. The summed E-state index contributed by atoms with van der Waals surface area (Å²) in [7, 11) is 0. The molecule has 0 aliphatic rings. The molecular weight excluding hydrogens is 356 g/mol. The Bertz CT molecular complexity index is 602. The van der Waals surface area contributed by atoms with Gasteiger partial charge in [-0.15, -0.1) is 0 Å². The van der Waals surface area contributed by atoms with Gasteiger partial charge in [0.25, 0.3) is 0 Å². The van der Waals surface area contributed by atoms with Crippen molar-refractivity contribution in [2.45, 2.75) is 52.1 Å². The third-order valence-corrected chi connectivity index (χ3v) is 4.24. The molecule has 152 valence electrons. The van der Waals surface area contributed by atoms with Gasteiger partial charge in [0.2, 0.25) is 0 Å². The van der Waals surface area contributed by atoms with Crippen molar-refractivity contribution in [3.63, 3.8) is 0 Å². The molecule has 0 bridgehead atoms. The Morgan fingerprint density at radius 2 is 1.11 bits per heavy atom. The first-order valence-corrected chi connectivity index (χ1v) is 9.74. The van der Waals surface area contributed by atoms with Gasteiger partial charge in [-0.3, -0.25) is 0 Å². The molecule has 28 heavy (non-hydrogen) atoms. The molecule has 2 aromatic rings. The van der Waals surface area contributed by atoms with Crippen molar-refractivity contribution in [3.8, 4) is 0 Å². The third-order valence-electron chi connectivity index (χ3n) is 4.24. The molecule has 0 N–H and O–H groups in total. The van der Waals surface area contributed by atoms with E-state index in [1.807, 2.05) is 74.5 Å². The highest BCUT2D eigenvalue weighted by Crippen LogP contribution is 2.07. The Kier molecular flexibility index (Phi) is 10.1. The fraction of sp³-hybridized carbons (Fsp3) is 0.435. The molecule has 5 nitrogen and oxygen atoms in total. The van der Waals surface area contributed by atoms with E-state index in [1.54, 1.807) is 0 Å². The first-order chi connectivity index (χ1) is 13.6. The summed E-state index contributed by atoms with van der Waals surface area (Å²) in [6.07, 6.45) is 0.598. The number of hydrogen-bond acceptors (Lipinski definition) is 5. The van der Waals surface area contributed by atoms with Gasteiger partial charge in [-0.05, 0) is 25.0 Å². The summed E-state index contributed by atoms with van der Waals surface area (Å²) in [4.78, 5) is 11.6. The van der Waals surface area contributed by atoms with Crippen LogP contribution in [0.3, 0.4) is 0 Å². The monoisotopic (exact) mass is 386 g/mol. The molecule has 0 amide bonds. The minimum Gasteiger partial charge on any atom is -0.434 e. The van der Waals surface area contributed by atoms with E-state index in [1.165, 1.54) is 0 Å². The molecule has 0 saturated carbocycles. The molecule has 2 rings (SSSR count). The first kappa shape index (κ1) is 21.9. The van der Waals surface area contributed by atoms with E-state index in [0.29, 0.717) is 26.1 Å². The second-order valence-corrected chi connectivity index (χ2v) is 6.74. The largest absolute Gasteiger partial charge is 0.508 e. The van der Waals surface area contributed by atoms with Crippen LogP contribution in [0.2, 0.25) is 0 Å². The van der Waals surface area contributed by atoms with Gasteiger partial charge < -0.3 is 18.9 Å². The molecule has 0 spiro atoms. The lowest BCUT2D eigenvalue weighted by Gasteiger charge is -2.14. The Morgan fingerprint density at radius 1 is 0.714 bits per heavy atom. The zero-order valence-corrected chi connectivity index (χ0v) is 16.7. The predicted octanol–water partition coefficient (Wildman–Crippen LogP) is 5.13. The number of rotatable bonds is 12. The number of hydrogen-bond donors (Lipinski definition) is 0. The lowest BCUT2D eigenvalue weighted by atomic mass is 10.2. The molecule has 0 aliphatic heterocycles. The van der Waals surface area contributed by atoms with E-state index in [-0.39, 0.29) is 25.4 Å². The topological polar surface area (TPSA) is 54.0 Å². The van der Waals surface area contributed by atoms with Crippen molar-refractivity contribution >= 4 is 6.16 Å². The fourth-order valence-corrected chi connectivity index (χ4v) is 2.45. The smallest absolute Gasteiger partial charge is 0.434 e. The van der Waals surface area contributed by atoms with Gasteiger partial charge in [0.1, 0.15) is 0 Å². The highest BCUT2D eigenvalue weighted by Gasteiger charge is 2.09. The summed E-state index contributed by atoms with van der Waals surface area (Å²) in [6, 6.07) is 20.0. The second-order valence-electron chi connectivity index (χ2n) is 6.74. The molecule has 0 aromatic heterocycles. The number of carbonyl (C=O) groups is 1. The van der Waals surface area contributed by atoms with Crippen LogP contribution < -0.4 is 0 Å². The molecular formula is C23H30O5. The van der Waals surface area contributed by atoms with Crippen molar-refractivity contribution in [2.75, 3.05) is 13.2 Å². The van der Waals surface area contributed by atoms with E-state index >= 15 is 0 Å².